The first-order valence-electron chi connectivity index (χ1n) is 13.9. The SMILES string of the molecule is COc1ccc2nc(N3C(=O)C(=O)/C(=C(/O)c4ccc5c(c4)OCCO5)[C@H]3c3ccc(OCc4ccccc4)cc3)sc2c1. The molecule has 0 bridgehead atoms. The molecule has 1 amide bonds. The average molecular weight is 607 g/mol. The number of ketones is 1. The molecule has 1 N–H and O–H groups in total. The van der Waals surface area contributed by atoms with Crippen LogP contribution in [0.1, 0.15) is 22.7 Å². The van der Waals surface area contributed by atoms with Gasteiger partial charge >= 0.3 is 5.91 Å². The topological polar surface area (TPSA) is 107 Å². The maximum Gasteiger partial charge on any atom is 0.301 e. The van der Waals surface area contributed by atoms with Gasteiger partial charge in [-0.2, -0.15) is 0 Å². The summed E-state index contributed by atoms with van der Waals surface area (Å²) < 4.78 is 23.4. The number of aliphatic hydroxyl groups is 1. The first-order chi connectivity index (χ1) is 21.5. The highest BCUT2D eigenvalue weighted by atomic mass is 32.1. The monoisotopic (exact) mass is 606 g/mol. The van der Waals surface area contributed by atoms with Crippen LogP contribution in [0.5, 0.6) is 23.0 Å². The van der Waals surface area contributed by atoms with Gasteiger partial charge in [-0.25, -0.2) is 4.98 Å². The first-order valence-corrected chi connectivity index (χ1v) is 14.7. The fourth-order valence-electron chi connectivity index (χ4n) is 5.30. The number of aliphatic hydroxyl groups excluding tert-OH is 1. The molecule has 9 nitrogen and oxygen atoms in total. The van der Waals surface area contributed by atoms with Crippen molar-refractivity contribution >= 4 is 44.1 Å². The molecular weight excluding hydrogens is 580 g/mol. The lowest BCUT2D eigenvalue weighted by atomic mass is 9.95. The Morgan fingerprint density at radius 2 is 1.68 bits per heavy atom. The van der Waals surface area contributed by atoms with Crippen LogP contribution >= 0.6 is 11.3 Å². The quantitative estimate of drug-likeness (QED) is 0.131. The number of Topliss-reactive ketones (excluding diaryl/α,β-unsaturated/α-hetero) is 1. The highest BCUT2D eigenvalue weighted by Gasteiger charge is 2.48. The second-order valence-electron chi connectivity index (χ2n) is 10.2. The Morgan fingerprint density at radius 1 is 0.932 bits per heavy atom. The molecule has 2 aliphatic heterocycles. The lowest BCUT2D eigenvalue weighted by Crippen LogP contribution is -2.29. The molecule has 1 fully saturated rings. The number of ether oxygens (including phenoxy) is 4. The summed E-state index contributed by atoms with van der Waals surface area (Å²) in [7, 11) is 1.58. The van der Waals surface area contributed by atoms with Crippen molar-refractivity contribution in [1.82, 2.24) is 4.98 Å². The van der Waals surface area contributed by atoms with Crippen molar-refractivity contribution in [1.29, 1.82) is 0 Å². The molecule has 4 aromatic carbocycles. The van der Waals surface area contributed by atoms with Crippen LogP contribution in [0.4, 0.5) is 5.13 Å². The number of anilines is 1. The molecular formula is C34H26N2O7S. The van der Waals surface area contributed by atoms with Crippen molar-refractivity contribution in [3.63, 3.8) is 0 Å². The number of rotatable bonds is 7. The van der Waals surface area contributed by atoms with Gasteiger partial charge in [-0.1, -0.05) is 53.8 Å². The van der Waals surface area contributed by atoms with Gasteiger partial charge in [0.15, 0.2) is 16.6 Å². The lowest BCUT2D eigenvalue weighted by Gasteiger charge is -2.23. The van der Waals surface area contributed by atoms with E-state index < -0.39 is 17.7 Å². The molecule has 1 aromatic heterocycles. The Balaban J connectivity index is 1.31. The maximum atomic E-state index is 13.7. The van der Waals surface area contributed by atoms with Crippen LogP contribution in [0, 0.1) is 0 Å². The van der Waals surface area contributed by atoms with E-state index in [0.29, 0.717) is 64.6 Å². The zero-order chi connectivity index (χ0) is 30.2. The van der Waals surface area contributed by atoms with Gasteiger partial charge in [0.1, 0.15) is 37.1 Å². The highest BCUT2D eigenvalue weighted by molar-refractivity contribution is 7.22. The summed E-state index contributed by atoms with van der Waals surface area (Å²) in [6, 6.07) is 26.3. The molecule has 0 radical (unpaired) electrons. The summed E-state index contributed by atoms with van der Waals surface area (Å²) in [5.41, 5.74) is 2.56. The standard InChI is InChI=1S/C34H26N2O7S/c1-40-24-12-13-25-28(18-24)44-34(35-25)36-30(21-7-10-23(11-8-21)43-19-20-5-3-2-4-6-20)29(32(38)33(36)39)31(37)22-9-14-26-27(17-22)42-16-15-41-26/h2-14,17-18,30,37H,15-16,19H2,1H3/b31-29+/t30-/m1/s1. The molecule has 220 valence electrons. The maximum absolute atomic E-state index is 13.7. The number of thiazole rings is 1. The number of hydrogen-bond acceptors (Lipinski definition) is 9. The second-order valence-corrected chi connectivity index (χ2v) is 11.2. The first kappa shape index (κ1) is 27.5. The zero-order valence-electron chi connectivity index (χ0n) is 23.6. The van der Waals surface area contributed by atoms with Crippen LogP contribution in [0.2, 0.25) is 0 Å². The van der Waals surface area contributed by atoms with Crippen LogP contribution < -0.4 is 23.8 Å². The molecule has 0 aliphatic carbocycles. The number of aromatic nitrogens is 1. The third-order valence-electron chi connectivity index (χ3n) is 7.49. The molecule has 1 saturated heterocycles. The van der Waals surface area contributed by atoms with E-state index in [9.17, 15) is 14.7 Å². The summed E-state index contributed by atoms with van der Waals surface area (Å²) in [4.78, 5) is 33.4. The molecule has 3 heterocycles. The Kier molecular flexibility index (Phi) is 7.11. The number of amides is 1. The van der Waals surface area contributed by atoms with E-state index in [1.165, 1.54) is 16.2 Å². The van der Waals surface area contributed by atoms with Crippen molar-refractivity contribution in [3.05, 3.63) is 113 Å². The Labute approximate surface area is 256 Å². The van der Waals surface area contributed by atoms with Crippen LogP contribution in [-0.2, 0) is 16.2 Å². The minimum absolute atomic E-state index is 0.0542. The molecule has 5 aromatic rings. The van der Waals surface area contributed by atoms with E-state index >= 15 is 0 Å². The van der Waals surface area contributed by atoms with Gasteiger partial charge in [-0.05, 0) is 59.7 Å². The third kappa shape index (κ3) is 4.99. The summed E-state index contributed by atoms with van der Waals surface area (Å²) in [6.45, 7) is 1.17. The lowest BCUT2D eigenvalue weighted by molar-refractivity contribution is -0.132. The van der Waals surface area contributed by atoms with Gasteiger partial charge in [-0.3, -0.25) is 14.5 Å². The highest BCUT2D eigenvalue weighted by Crippen LogP contribution is 2.45. The van der Waals surface area contributed by atoms with E-state index in [1.54, 1.807) is 61.7 Å². The van der Waals surface area contributed by atoms with E-state index in [2.05, 4.69) is 4.98 Å². The van der Waals surface area contributed by atoms with Gasteiger partial charge in [0, 0.05) is 5.56 Å². The molecule has 2 aliphatic rings. The number of carbonyl (C=O) groups is 2. The fourth-order valence-corrected chi connectivity index (χ4v) is 6.32. The van der Waals surface area contributed by atoms with E-state index in [4.69, 9.17) is 18.9 Å². The second kappa shape index (κ2) is 11.4. The number of benzene rings is 4. The van der Waals surface area contributed by atoms with Crippen molar-refractivity contribution < 1.29 is 33.6 Å². The summed E-state index contributed by atoms with van der Waals surface area (Å²) >= 11 is 1.26. The number of fused-ring (bicyclic) bond motifs is 2. The molecule has 1 atom stereocenters. The van der Waals surface area contributed by atoms with Gasteiger partial charge < -0.3 is 24.1 Å². The predicted octanol–water partition coefficient (Wildman–Crippen LogP) is 6.28. The van der Waals surface area contributed by atoms with Crippen LogP contribution in [0.3, 0.4) is 0 Å². The van der Waals surface area contributed by atoms with Crippen molar-refractivity contribution in [2.45, 2.75) is 12.6 Å². The number of hydrogen-bond donors (Lipinski definition) is 1. The minimum atomic E-state index is -0.950. The summed E-state index contributed by atoms with van der Waals surface area (Å²) in [5, 5.41) is 11.9. The molecule has 0 saturated carbocycles. The van der Waals surface area contributed by atoms with Crippen molar-refractivity contribution in [3.8, 4) is 23.0 Å². The van der Waals surface area contributed by atoms with Gasteiger partial charge in [0.2, 0.25) is 0 Å². The number of nitrogens with zero attached hydrogens (tertiary/aromatic N) is 2. The molecule has 44 heavy (non-hydrogen) atoms. The third-order valence-corrected chi connectivity index (χ3v) is 8.51. The van der Waals surface area contributed by atoms with Crippen molar-refractivity contribution in [2.24, 2.45) is 0 Å². The summed E-state index contributed by atoms with van der Waals surface area (Å²) in [5.74, 6) is 0.338. The van der Waals surface area contributed by atoms with Crippen LogP contribution in [0.15, 0.2) is 96.6 Å². The molecule has 0 unspecified atom stereocenters. The average Bonchev–Trinajstić information content (AvgIpc) is 3.61. The van der Waals surface area contributed by atoms with Gasteiger partial charge in [0.25, 0.3) is 5.78 Å². The summed E-state index contributed by atoms with van der Waals surface area (Å²) in [6.07, 6.45) is 0. The molecule has 7 rings (SSSR count). The number of carbonyl (C=O) groups excluding carboxylic acids is 2. The number of methoxy groups -OCH3 is 1. The molecule has 10 heteroatoms. The van der Waals surface area contributed by atoms with E-state index in [-0.39, 0.29) is 11.3 Å². The van der Waals surface area contributed by atoms with Crippen molar-refractivity contribution in [2.75, 3.05) is 25.2 Å². The van der Waals surface area contributed by atoms with Gasteiger partial charge in [0.05, 0.1) is 28.9 Å². The molecule has 0 spiro atoms. The normalized spacial score (nSPS) is 17.2. The Hall–Kier alpha value is -5.35. The fraction of sp³-hybridized carbons (Fsp3) is 0.147. The minimum Gasteiger partial charge on any atom is -0.507 e. The van der Waals surface area contributed by atoms with E-state index in [1.807, 2.05) is 36.4 Å². The Morgan fingerprint density at radius 3 is 2.45 bits per heavy atom. The van der Waals surface area contributed by atoms with Gasteiger partial charge in [-0.15, -0.1) is 0 Å². The largest absolute Gasteiger partial charge is 0.507 e. The van der Waals surface area contributed by atoms with Crippen LogP contribution in [-0.4, -0.2) is 42.1 Å². The smallest absolute Gasteiger partial charge is 0.301 e. The van der Waals surface area contributed by atoms with E-state index in [0.717, 1.165) is 10.3 Å². The predicted molar refractivity (Wildman–Crippen MR) is 166 cm³/mol. The Bertz CT molecular complexity index is 1920. The van der Waals surface area contributed by atoms with Crippen LogP contribution in [0.25, 0.3) is 16.0 Å². The zero-order valence-corrected chi connectivity index (χ0v) is 24.4.